The van der Waals surface area contributed by atoms with Gasteiger partial charge in [-0.3, -0.25) is 0 Å². The Labute approximate surface area is 146 Å². The van der Waals surface area contributed by atoms with Crippen LogP contribution in [0.5, 0.6) is 0 Å². The average Bonchev–Trinajstić information content (AvgIpc) is 2.97. The van der Waals surface area contributed by atoms with Gasteiger partial charge in [0.2, 0.25) is 11.7 Å². The van der Waals surface area contributed by atoms with Gasteiger partial charge >= 0.3 is 0 Å². The van der Waals surface area contributed by atoms with Crippen molar-refractivity contribution in [2.24, 2.45) is 5.73 Å². The summed E-state index contributed by atoms with van der Waals surface area (Å²) < 4.78 is 5.34. The summed E-state index contributed by atoms with van der Waals surface area (Å²) in [5, 5.41) is 7.52. The summed E-state index contributed by atoms with van der Waals surface area (Å²) in [5.41, 5.74) is 7.65. The monoisotopic (exact) mass is 362 g/mol. The van der Waals surface area contributed by atoms with Crippen molar-refractivity contribution in [1.29, 1.82) is 0 Å². The highest BCUT2D eigenvalue weighted by atomic mass is 35.5. The highest BCUT2D eigenvalue weighted by molar-refractivity contribution is 7.99. The zero-order valence-corrected chi connectivity index (χ0v) is 14.5. The summed E-state index contributed by atoms with van der Waals surface area (Å²) >= 11 is 1.97. The topological polar surface area (TPSA) is 77.0 Å². The van der Waals surface area contributed by atoms with Crippen molar-refractivity contribution in [2.45, 2.75) is 19.0 Å². The minimum atomic E-state index is 0. The van der Waals surface area contributed by atoms with Gasteiger partial charge in [-0.25, -0.2) is 0 Å². The Hall–Kier alpha value is -0.790. The van der Waals surface area contributed by atoms with Crippen molar-refractivity contribution in [3.05, 3.63) is 35.7 Å². The Balaban J connectivity index is 0.00000121. The molecule has 1 unspecified atom stereocenters. The number of hydrogen-bond donors (Lipinski definition) is 2. The van der Waals surface area contributed by atoms with Crippen LogP contribution in [-0.4, -0.2) is 34.2 Å². The van der Waals surface area contributed by atoms with E-state index in [4.69, 9.17) is 10.3 Å². The minimum absolute atomic E-state index is 0. The number of nitrogens with two attached hydrogens (primary N) is 1. The second-order valence-electron chi connectivity index (χ2n) is 4.84. The zero-order valence-electron chi connectivity index (χ0n) is 12.0. The van der Waals surface area contributed by atoms with Crippen LogP contribution < -0.4 is 11.1 Å². The lowest BCUT2D eigenvalue weighted by Gasteiger charge is -2.21. The molecular weight excluding hydrogens is 343 g/mol. The van der Waals surface area contributed by atoms with Crippen molar-refractivity contribution in [3.63, 3.8) is 0 Å². The molecule has 22 heavy (non-hydrogen) atoms. The van der Waals surface area contributed by atoms with E-state index in [2.05, 4.69) is 15.5 Å². The Morgan fingerprint density at radius 1 is 1.27 bits per heavy atom. The first-order valence-electron chi connectivity index (χ1n) is 6.78. The highest BCUT2D eigenvalue weighted by Crippen LogP contribution is 2.18. The van der Waals surface area contributed by atoms with Gasteiger partial charge in [-0.05, 0) is 5.56 Å². The summed E-state index contributed by atoms with van der Waals surface area (Å²) in [7, 11) is 0. The molecule has 0 aliphatic carbocycles. The lowest BCUT2D eigenvalue weighted by atomic mass is 10.1. The van der Waals surface area contributed by atoms with Gasteiger partial charge in [0.05, 0.1) is 0 Å². The molecule has 1 aliphatic rings. The molecule has 3 rings (SSSR count). The number of benzene rings is 1. The van der Waals surface area contributed by atoms with Crippen LogP contribution in [0.2, 0.25) is 0 Å². The third-order valence-corrected chi connectivity index (χ3v) is 4.47. The molecule has 1 aliphatic heterocycles. The quantitative estimate of drug-likeness (QED) is 0.868. The maximum absolute atomic E-state index is 5.59. The van der Waals surface area contributed by atoms with Crippen molar-refractivity contribution in [3.8, 4) is 11.4 Å². The SMILES string of the molecule is Cl.Cl.NCc1ccc(-c2noc(CC3CSCCN3)n2)cc1. The van der Waals surface area contributed by atoms with Crippen LogP contribution in [0.3, 0.4) is 0 Å². The molecule has 0 radical (unpaired) electrons. The van der Waals surface area contributed by atoms with Crippen LogP contribution in [0, 0.1) is 0 Å². The van der Waals surface area contributed by atoms with E-state index in [0.717, 1.165) is 29.8 Å². The van der Waals surface area contributed by atoms with Crippen LogP contribution in [0.15, 0.2) is 28.8 Å². The molecule has 1 aromatic heterocycles. The van der Waals surface area contributed by atoms with Crippen molar-refractivity contribution in [2.75, 3.05) is 18.1 Å². The van der Waals surface area contributed by atoms with Crippen LogP contribution in [0.4, 0.5) is 0 Å². The number of hydrogen-bond acceptors (Lipinski definition) is 6. The molecule has 2 aromatic rings. The number of nitrogens with zero attached hydrogens (tertiary/aromatic N) is 2. The summed E-state index contributed by atoms with van der Waals surface area (Å²) in [4.78, 5) is 4.47. The van der Waals surface area contributed by atoms with E-state index >= 15 is 0 Å². The fraction of sp³-hybridized carbons (Fsp3) is 0.429. The van der Waals surface area contributed by atoms with Gasteiger partial charge in [-0.2, -0.15) is 16.7 Å². The number of rotatable bonds is 4. The molecule has 0 bridgehead atoms. The van der Waals surface area contributed by atoms with Gasteiger partial charge < -0.3 is 15.6 Å². The van der Waals surface area contributed by atoms with Crippen molar-refractivity contribution >= 4 is 36.6 Å². The highest BCUT2D eigenvalue weighted by Gasteiger charge is 2.17. The van der Waals surface area contributed by atoms with Gasteiger partial charge in [0.15, 0.2) is 0 Å². The van der Waals surface area contributed by atoms with Crippen LogP contribution in [0.25, 0.3) is 11.4 Å². The summed E-state index contributed by atoms with van der Waals surface area (Å²) in [6.07, 6.45) is 0.793. The molecule has 1 aromatic carbocycles. The molecule has 0 spiro atoms. The molecule has 1 saturated heterocycles. The Morgan fingerprint density at radius 3 is 2.68 bits per heavy atom. The molecule has 0 amide bonds. The van der Waals surface area contributed by atoms with Gasteiger partial charge in [-0.15, -0.1) is 24.8 Å². The Kier molecular flexibility index (Phi) is 8.20. The first-order valence-corrected chi connectivity index (χ1v) is 7.94. The van der Waals surface area contributed by atoms with E-state index in [0.29, 0.717) is 24.3 Å². The fourth-order valence-electron chi connectivity index (χ4n) is 2.21. The Bertz CT molecular complexity index is 558. The van der Waals surface area contributed by atoms with Crippen LogP contribution >= 0.6 is 36.6 Å². The lowest BCUT2D eigenvalue weighted by molar-refractivity contribution is 0.363. The average molecular weight is 363 g/mol. The standard InChI is InChI=1S/C14H18N4OS.2ClH/c15-8-10-1-3-11(4-2-10)14-17-13(19-18-14)7-12-9-20-6-5-16-12;;/h1-4,12,16H,5-9,15H2;2*1H. The molecule has 2 heterocycles. The normalized spacial score (nSPS) is 17.4. The largest absolute Gasteiger partial charge is 0.339 e. The number of halogens is 2. The van der Waals surface area contributed by atoms with Crippen molar-refractivity contribution in [1.82, 2.24) is 15.5 Å². The molecule has 3 N–H and O–H groups in total. The van der Waals surface area contributed by atoms with E-state index in [9.17, 15) is 0 Å². The van der Waals surface area contributed by atoms with E-state index in [1.165, 1.54) is 5.75 Å². The van der Waals surface area contributed by atoms with Crippen molar-refractivity contribution < 1.29 is 4.52 Å². The molecule has 0 saturated carbocycles. The van der Waals surface area contributed by atoms with Gasteiger partial charge in [0.1, 0.15) is 0 Å². The number of nitrogens with one attached hydrogen (secondary N) is 1. The Morgan fingerprint density at radius 2 is 2.05 bits per heavy atom. The third-order valence-electron chi connectivity index (χ3n) is 3.34. The minimum Gasteiger partial charge on any atom is -0.339 e. The summed E-state index contributed by atoms with van der Waals surface area (Å²) in [6.45, 7) is 1.60. The predicted molar refractivity (Wildman–Crippen MR) is 94.9 cm³/mol. The number of aromatic nitrogens is 2. The number of thioether (sulfide) groups is 1. The summed E-state index contributed by atoms with van der Waals surface area (Å²) in [5.74, 6) is 3.62. The van der Waals surface area contributed by atoms with Crippen LogP contribution in [0.1, 0.15) is 11.5 Å². The second-order valence-corrected chi connectivity index (χ2v) is 5.99. The maximum Gasteiger partial charge on any atom is 0.228 e. The first kappa shape index (κ1) is 19.3. The summed E-state index contributed by atoms with van der Waals surface area (Å²) in [6, 6.07) is 8.37. The predicted octanol–water partition coefficient (Wildman–Crippen LogP) is 2.29. The second kappa shape index (κ2) is 9.37. The molecule has 1 atom stereocenters. The lowest BCUT2D eigenvalue weighted by Crippen LogP contribution is -2.38. The smallest absolute Gasteiger partial charge is 0.228 e. The molecular formula is C14H20Cl2N4OS. The van der Waals surface area contributed by atoms with E-state index in [1.54, 1.807) is 0 Å². The van der Waals surface area contributed by atoms with Crippen LogP contribution in [-0.2, 0) is 13.0 Å². The van der Waals surface area contributed by atoms with Gasteiger partial charge in [-0.1, -0.05) is 29.4 Å². The zero-order chi connectivity index (χ0) is 13.8. The molecule has 122 valence electrons. The van der Waals surface area contributed by atoms with E-state index in [-0.39, 0.29) is 24.8 Å². The fourth-order valence-corrected chi connectivity index (χ4v) is 3.16. The molecule has 5 nitrogen and oxygen atoms in total. The van der Waals surface area contributed by atoms with E-state index in [1.807, 2.05) is 36.0 Å². The van der Waals surface area contributed by atoms with Gasteiger partial charge in [0.25, 0.3) is 0 Å². The van der Waals surface area contributed by atoms with E-state index < -0.39 is 0 Å². The molecule has 1 fully saturated rings. The molecule has 8 heteroatoms. The third kappa shape index (κ3) is 4.86. The maximum atomic E-state index is 5.59. The van der Waals surface area contributed by atoms with Gasteiger partial charge in [0, 0.05) is 42.6 Å². The first-order chi connectivity index (χ1) is 9.85.